The lowest BCUT2D eigenvalue weighted by molar-refractivity contribution is -0.139. The Bertz CT molecular complexity index is 414. The Hall–Kier alpha value is -1.42. The summed E-state index contributed by atoms with van der Waals surface area (Å²) >= 11 is 0. The van der Waals surface area contributed by atoms with Gasteiger partial charge in [0.05, 0.1) is 12.0 Å². The Morgan fingerprint density at radius 2 is 2.18 bits per heavy atom. The van der Waals surface area contributed by atoms with Crippen LogP contribution in [0.1, 0.15) is 31.2 Å². The SMILES string of the molecule is O=C(O)CC1(c2ccccc2F)CCCCN1. The molecule has 0 radical (unpaired) electrons. The summed E-state index contributed by atoms with van der Waals surface area (Å²) in [5, 5.41) is 12.2. The third-order valence-corrected chi connectivity index (χ3v) is 3.34. The lowest BCUT2D eigenvalue weighted by Crippen LogP contribution is -2.47. The molecule has 0 aliphatic carbocycles. The van der Waals surface area contributed by atoms with E-state index in [1.165, 1.54) is 6.07 Å². The van der Waals surface area contributed by atoms with E-state index in [1.54, 1.807) is 18.2 Å². The van der Waals surface area contributed by atoms with Gasteiger partial charge in [-0.05, 0) is 31.9 Å². The summed E-state index contributed by atoms with van der Waals surface area (Å²) < 4.78 is 13.8. The first-order valence-electron chi connectivity index (χ1n) is 5.86. The van der Waals surface area contributed by atoms with Gasteiger partial charge in [0.2, 0.25) is 0 Å². The topological polar surface area (TPSA) is 49.3 Å². The molecule has 2 rings (SSSR count). The predicted molar refractivity (Wildman–Crippen MR) is 62.2 cm³/mol. The van der Waals surface area contributed by atoms with Crippen molar-refractivity contribution < 1.29 is 14.3 Å². The average Bonchev–Trinajstić information content (AvgIpc) is 2.29. The molecule has 1 unspecified atom stereocenters. The molecule has 1 saturated heterocycles. The molecule has 17 heavy (non-hydrogen) atoms. The lowest BCUT2D eigenvalue weighted by Gasteiger charge is -2.38. The summed E-state index contributed by atoms with van der Waals surface area (Å²) in [6.45, 7) is 0.738. The first-order chi connectivity index (χ1) is 8.14. The van der Waals surface area contributed by atoms with Crippen LogP contribution < -0.4 is 5.32 Å². The van der Waals surface area contributed by atoms with Crippen LogP contribution in [-0.4, -0.2) is 17.6 Å². The summed E-state index contributed by atoms with van der Waals surface area (Å²) in [5.74, 6) is -1.23. The molecule has 0 bridgehead atoms. The molecule has 0 saturated carbocycles. The van der Waals surface area contributed by atoms with Crippen LogP contribution >= 0.6 is 0 Å². The van der Waals surface area contributed by atoms with Crippen LogP contribution in [0.25, 0.3) is 0 Å². The zero-order valence-electron chi connectivity index (χ0n) is 9.58. The third kappa shape index (κ3) is 2.47. The molecule has 1 aliphatic heterocycles. The molecule has 3 nitrogen and oxygen atoms in total. The summed E-state index contributed by atoms with van der Waals surface area (Å²) in [7, 11) is 0. The van der Waals surface area contributed by atoms with Gasteiger partial charge in [0, 0.05) is 5.56 Å². The highest BCUT2D eigenvalue weighted by molar-refractivity contribution is 5.69. The van der Waals surface area contributed by atoms with Gasteiger partial charge in [-0.3, -0.25) is 4.79 Å². The fraction of sp³-hybridized carbons (Fsp3) is 0.462. The van der Waals surface area contributed by atoms with Gasteiger partial charge in [-0.15, -0.1) is 0 Å². The highest BCUT2D eigenvalue weighted by Crippen LogP contribution is 2.35. The number of hydrogen-bond acceptors (Lipinski definition) is 2. The summed E-state index contributed by atoms with van der Waals surface area (Å²) in [6, 6.07) is 6.43. The molecular weight excluding hydrogens is 221 g/mol. The monoisotopic (exact) mass is 237 g/mol. The number of nitrogens with one attached hydrogen (secondary N) is 1. The standard InChI is InChI=1S/C13H16FNO2/c14-11-6-2-1-5-10(11)13(9-12(16)17)7-3-4-8-15-13/h1-2,5-6,15H,3-4,7-9H2,(H,16,17). The number of halogens is 1. The Labute approximate surface area is 99.7 Å². The third-order valence-electron chi connectivity index (χ3n) is 3.34. The number of benzene rings is 1. The summed E-state index contributed by atoms with van der Waals surface area (Å²) in [5.41, 5.74) is -0.266. The number of rotatable bonds is 3. The first-order valence-corrected chi connectivity index (χ1v) is 5.86. The van der Waals surface area contributed by atoms with Gasteiger partial charge in [0.25, 0.3) is 0 Å². The number of piperidine rings is 1. The number of carboxylic acids is 1. The number of carbonyl (C=O) groups is 1. The van der Waals surface area contributed by atoms with Crippen molar-refractivity contribution in [3.63, 3.8) is 0 Å². The lowest BCUT2D eigenvalue weighted by atomic mass is 9.79. The molecule has 0 aromatic heterocycles. The van der Waals surface area contributed by atoms with Crippen molar-refractivity contribution in [1.29, 1.82) is 0 Å². The molecule has 1 atom stereocenters. The van der Waals surface area contributed by atoms with Crippen molar-refractivity contribution in [1.82, 2.24) is 5.32 Å². The second-order valence-corrected chi connectivity index (χ2v) is 4.52. The number of aliphatic carboxylic acids is 1. The zero-order chi connectivity index (χ0) is 12.3. The van der Waals surface area contributed by atoms with Gasteiger partial charge >= 0.3 is 5.97 Å². The Kier molecular flexibility index (Phi) is 3.43. The molecule has 92 valence electrons. The molecule has 1 aromatic rings. The Balaban J connectivity index is 2.39. The minimum absolute atomic E-state index is 0.0755. The van der Waals surface area contributed by atoms with Crippen LogP contribution in [0.2, 0.25) is 0 Å². The van der Waals surface area contributed by atoms with Crippen molar-refractivity contribution in [2.75, 3.05) is 6.54 Å². The summed E-state index contributed by atoms with van der Waals surface area (Å²) in [4.78, 5) is 11.0. The van der Waals surface area contributed by atoms with Gasteiger partial charge in [-0.2, -0.15) is 0 Å². The van der Waals surface area contributed by atoms with E-state index >= 15 is 0 Å². The molecule has 2 N–H and O–H groups in total. The van der Waals surface area contributed by atoms with Crippen LogP contribution in [0.15, 0.2) is 24.3 Å². The van der Waals surface area contributed by atoms with Gasteiger partial charge in [0.15, 0.2) is 0 Å². The maximum atomic E-state index is 13.8. The van der Waals surface area contributed by atoms with Crippen molar-refractivity contribution >= 4 is 5.97 Å². The highest BCUT2D eigenvalue weighted by Gasteiger charge is 2.37. The molecule has 1 aromatic carbocycles. The van der Waals surface area contributed by atoms with Gasteiger partial charge in [-0.1, -0.05) is 18.2 Å². The Morgan fingerprint density at radius 3 is 2.76 bits per heavy atom. The van der Waals surface area contributed by atoms with Crippen molar-refractivity contribution in [3.05, 3.63) is 35.6 Å². The Morgan fingerprint density at radius 1 is 1.41 bits per heavy atom. The second-order valence-electron chi connectivity index (χ2n) is 4.52. The minimum atomic E-state index is -0.900. The van der Waals surface area contributed by atoms with Crippen LogP contribution in [0.4, 0.5) is 4.39 Å². The van der Waals surface area contributed by atoms with E-state index in [4.69, 9.17) is 5.11 Å². The molecule has 0 spiro atoms. The van der Waals surface area contributed by atoms with E-state index < -0.39 is 11.5 Å². The van der Waals surface area contributed by atoms with Crippen molar-refractivity contribution in [2.45, 2.75) is 31.2 Å². The predicted octanol–water partition coefficient (Wildman–Crippen LogP) is 2.27. The fourth-order valence-corrected chi connectivity index (χ4v) is 2.55. The molecule has 1 aliphatic rings. The van der Waals surface area contributed by atoms with Crippen LogP contribution in [-0.2, 0) is 10.3 Å². The van der Waals surface area contributed by atoms with Gasteiger partial charge < -0.3 is 10.4 Å². The number of hydrogen-bond donors (Lipinski definition) is 2. The highest BCUT2D eigenvalue weighted by atomic mass is 19.1. The molecule has 4 heteroatoms. The largest absolute Gasteiger partial charge is 0.481 e. The van der Waals surface area contributed by atoms with Gasteiger partial charge in [0.1, 0.15) is 5.82 Å². The van der Waals surface area contributed by atoms with Crippen LogP contribution in [0, 0.1) is 5.82 Å². The van der Waals surface area contributed by atoms with Crippen LogP contribution in [0.5, 0.6) is 0 Å². The van der Waals surface area contributed by atoms with E-state index in [2.05, 4.69) is 5.32 Å². The summed E-state index contributed by atoms with van der Waals surface area (Å²) in [6.07, 6.45) is 2.53. The van der Waals surface area contributed by atoms with Gasteiger partial charge in [-0.25, -0.2) is 4.39 Å². The van der Waals surface area contributed by atoms with Crippen molar-refractivity contribution in [2.24, 2.45) is 0 Å². The molecule has 0 amide bonds. The molecule has 1 fully saturated rings. The maximum absolute atomic E-state index is 13.8. The smallest absolute Gasteiger partial charge is 0.305 e. The van der Waals surface area contributed by atoms with Crippen LogP contribution in [0.3, 0.4) is 0 Å². The fourth-order valence-electron chi connectivity index (χ4n) is 2.55. The first kappa shape index (κ1) is 12.0. The number of carboxylic acid groups (broad SMARTS) is 1. The van der Waals surface area contributed by atoms with Crippen molar-refractivity contribution in [3.8, 4) is 0 Å². The van der Waals surface area contributed by atoms with E-state index in [1.807, 2.05) is 0 Å². The zero-order valence-corrected chi connectivity index (χ0v) is 9.58. The average molecular weight is 237 g/mol. The van der Waals surface area contributed by atoms with E-state index in [9.17, 15) is 9.18 Å². The van der Waals surface area contributed by atoms with E-state index in [0.29, 0.717) is 12.0 Å². The van der Waals surface area contributed by atoms with E-state index in [0.717, 1.165) is 19.4 Å². The quantitative estimate of drug-likeness (QED) is 0.847. The molecule has 1 heterocycles. The maximum Gasteiger partial charge on any atom is 0.305 e. The normalized spacial score (nSPS) is 24.5. The molecular formula is C13H16FNO2. The minimum Gasteiger partial charge on any atom is -0.481 e. The second kappa shape index (κ2) is 4.84. The van der Waals surface area contributed by atoms with E-state index in [-0.39, 0.29) is 12.2 Å².